The lowest BCUT2D eigenvalue weighted by atomic mass is 9.93. The van der Waals surface area contributed by atoms with Gasteiger partial charge in [-0.2, -0.15) is 0 Å². The molecule has 1 aromatic heterocycles. The summed E-state index contributed by atoms with van der Waals surface area (Å²) in [6, 6.07) is 0. The van der Waals surface area contributed by atoms with Gasteiger partial charge in [0.2, 0.25) is 0 Å². The quantitative estimate of drug-likeness (QED) is 0.565. The molecule has 0 amide bonds. The maximum Gasteiger partial charge on any atom is 0.162 e. The summed E-state index contributed by atoms with van der Waals surface area (Å²) in [5.74, 6) is 1.33. The van der Waals surface area contributed by atoms with E-state index in [0.29, 0.717) is 11.1 Å². The number of rotatable bonds is 3. The van der Waals surface area contributed by atoms with Crippen molar-refractivity contribution in [2.45, 2.75) is 62.9 Å². The van der Waals surface area contributed by atoms with E-state index in [2.05, 4.69) is 20.9 Å². The topological polar surface area (TPSA) is 35.0 Å². The lowest BCUT2D eigenvalue weighted by Gasteiger charge is -2.30. The summed E-state index contributed by atoms with van der Waals surface area (Å²) in [5.41, 5.74) is 0.727. The van der Waals surface area contributed by atoms with E-state index < -0.39 is 0 Å². The molecule has 1 heterocycles. The zero-order valence-electron chi connectivity index (χ0n) is 11.8. The van der Waals surface area contributed by atoms with Crippen molar-refractivity contribution in [1.29, 1.82) is 0 Å². The number of ether oxygens (including phenoxy) is 1. The first-order valence-corrected chi connectivity index (χ1v) is 8.62. The Hall–Kier alpha value is -0.190. The number of methoxy groups -OCH3 is 1. The fraction of sp³-hybridized carbons (Fsp3) is 0.733. The van der Waals surface area contributed by atoms with Crippen LogP contribution in [0.2, 0.25) is 5.15 Å². The van der Waals surface area contributed by atoms with Gasteiger partial charge in [0.05, 0.1) is 10.2 Å². The number of hydrogen-bond donors (Lipinski definition) is 0. The molecule has 2 aliphatic carbocycles. The standard InChI is InChI=1S/C15H20BrClN2O/c1-20-15(8-4-2-3-5-9-15)14-18-12(10-6-7-10)11(16)13(17)19-14/h10H,2-9H2,1H3. The molecule has 0 radical (unpaired) electrons. The van der Waals surface area contributed by atoms with Gasteiger partial charge in [-0.15, -0.1) is 0 Å². The molecular weight excluding hydrogens is 340 g/mol. The van der Waals surface area contributed by atoms with Crippen molar-refractivity contribution >= 4 is 27.5 Å². The number of halogens is 2. The monoisotopic (exact) mass is 358 g/mol. The van der Waals surface area contributed by atoms with Crippen LogP contribution in [0.3, 0.4) is 0 Å². The van der Waals surface area contributed by atoms with Gasteiger partial charge < -0.3 is 4.74 Å². The lowest BCUT2D eigenvalue weighted by Crippen LogP contribution is -2.31. The summed E-state index contributed by atoms with van der Waals surface area (Å²) in [7, 11) is 1.78. The molecule has 2 fully saturated rings. The van der Waals surface area contributed by atoms with Crippen molar-refractivity contribution in [2.24, 2.45) is 0 Å². The minimum Gasteiger partial charge on any atom is -0.370 e. The van der Waals surface area contributed by atoms with E-state index in [-0.39, 0.29) is 5.60 Å². The van der Waals surface area contributed by atoms with Gasteiger partial charge in [-0.25, -0.2) is 9.97 Å². The van der Waals surface area contributed by atoms with E-state index in [1.807, 2.05) is 0 Å². The highest BCUT2D eigenvalue weighted by Gasteiger charge is 2.38. The van der Waals surface area contributed by atoms with Gasteiger partial charge >= 0.3 is 0 Å². The second-order valence-electron chi connectivity index (χ2n) is 5.92. The lowest BCUT2D eigenvalue weighted by molar-refractivity contribution is -0.0353. The largest absolute Gasteiger partial charge is 0.370 e. The molecule has 0 N–H and O–H groups in total. The van der Waals surface area contributed by atoms with Crippen LogP contribution in [-0.4, -0.2) is 17.1 Å². The van der Waals surface area contributed by atoms with E-state index in [1.54, 1.807) is 7.11 Å². The number of hydrogen-bond acceptors (Lipinski definition) is 3. The van der Waals surface area contributed by atoms with Gasteiger partial charge in [-0.1, -0.05) is 37.3 Å². The van der Waals surface area contributed by atoms with Crippen LogP contribution in [0.5, 0.6) is 0 Å². The molecule has 2 saturated carbocycles. The normalized spacial score (nSPS) is 22.6. The van der Waals surface area contributed by atoms with Crippen LogP contribution in [0.4, 0.5) is 0 Å². The Balaban J connectivity index is 2.02. The molecule has 3 nitrogen and oxygen atoms in total. The van der Waals surface area contributed by atoms with E-state index in [0.717, 1.165) is 28.8 Å². The summed E-state index contributed by atoms with van der Waals surface area (Å²) < 4.78 is 6.76. The Morgan fingerprint density at radius 1 is 1.15 bits per heavy atom. The van der Waals surface area contributed by atoms with Crippen molar-refractivity contribution in [2.75, 3.05) is 7.11 Å². The molecule has 2 aliphatic rings. The highest BCUT2D eigenvalue weighted by molar-refractivity contribution is 9.10. The van der Waals surface area contributed by atoms with Gasteiger partial charge in [0, 0.05) is 13.0 Å². The van der Waals surface area contributed by atoms with Crippen LogP contribution in [0.1, 0.15) is 68.8 Å². The van der Waals surface area contributed by atoms with Crippen molar-refractivity contribution in [3.05, 3.63) is 21.1 Å². The highest BCUT2D eigenvalue weighted by Crippen LogP contribution is 2.45. The van der Waals surface area contributed by atoms with E-state index in [1.165, 1.54) is 38.5 Å². The van der Waals surface area contributed by atoms with Gasteiger partial charge in [0.15, 0.2) is 5.82 Å². The zero-order chi connectivity index (χ0) is 14.2. The second kappa shape index (κ2) is 5.90. The third-order valence-corrected chi connectivity index (χ3v) is 5.79. The predicted molar refractivity (Wildman–Crippen MR) is 83.1 cm³/mol. The molecule has 0 aliphatic heterocycles. The van der Waals surface area contributed by atoms with Crippen LogP contribution < -0.4 is 0 Å². The van der Waals surface area contributed by atoms with Crippen LogP contribution in [0, 0.1) is 0 Å². The highest BCUT2D eigenvalue weighted by atomic mass is 79.9. The third kappa shape index (κ3) is 2.75. The minimum atomic E-state index is -0.343. The van der Waals surface area contributed by atoms with E-state index in [4.69, 9.17) is 21.3 Å². The molecule has 5 heteroatoms. The Morgan fingerprint density at radius 2 is 1.80 bits per heavy atom. The van der Waals surface area contributed by atoms with Crippen molar-refractivity contribution in [1.82, 2.24) is 9.97 Å². The second-order valence-corrected chi connectivity index (χ2v) is 7.08. The molecule has 110 valence electrons. The van der Waals surface area contributed by atoms with Gasteiger partial charge in [-0.05, 0) is 41.6 Å². The SMILES string of the molecule is COC1(c2nc(Cl)c(Br)c(C3CC3)n2)CCCCCC1. The van der Waals surface area contributed by atoms with Crippen LogP contribution in [0.15, 0.2) is 4.47 Å². The smallest absolute Gasteiger partial charge is 0.162 e. The third-order valence-electron chi connectivity index (χ3n) is 4.51. The van der Waals surface area contributed by atoms with Crippen LogP contribution >= 0.6 is 27.5 Å². The fourth-order valence-electron chi connectivity index (χ4n) is 3.09. The Kier molecular flexibility index (Phi) is 4.34. The molecule has 0 bridgehead atoms. The first-order chi connectivity index (χ1) is 9.66. The maximum atomic E-state index is 6.32. The molecule has 20 heavy (non-hydrogen) atoms. The molecule has 3 rings (SSSR count). The zero-order valence-corrected chi connectivity index (χ0v) is 14.1. The first-order valence-electron chi connectivity index (χ1n) is 7.45. The molecule has 1 aromatic rings. The summed E-state index contributed by atoms with van der Waals surface area (Å²) in [6.07, 6.45) is 9.26. The predicted octanol–water partition coefficient (Wildman–Crippen LogP) is 4.97. The van der Waals surface area contributed by atoms with Crippen molar-refractivity contribution in [3.8, 4) is 0 Å². The van der Waals surface area contributed by atoms with E-state index >= 15 is 0 Å². The fourth-order valence-corrected chi connectivity index (χ4v) is 3.76. The van der Waals surface area contributed by atoms with E-state index in [9.17, 15) is 0 Å². The Bertz CT molecular complexity index is 497. The van der Waals surface area contributed by atoms with Crippen molar-refractivity contribution < 1.29 is 4.74 Å². The first kappa shape index (κ1) is 14.7. The minimum absolute atomic E-state index is 0.343. The summed E-state index contributed by atoms with van der Waals surface area (Å²) in [5, 5.41) is 0.526. The number of aromatic nitrogens is 2. The van der Waals surface area contributed by atoms with Gasteiger partial charge in [0.1, 0.15) is 10.8 Å². The average molecular weight is 360 g/mol. The molecule has 0 atom stereocenters. The van der Waals surface area contributed by atoms with Crippen LogP contribution in [0.25, 0.3) is 0 Å². The Labute approximate surface area is 133 Å². The summed E-state index contributed by atoms with van der Waals surface area (Å²) >= 11 is 9.85. The summed E-state index contributed by atoms with van der Waals surface area (Å²) in [4.78, 5) is 9.37. The average Bonchev–Trinajstić information content (AvgIpc) is 3.27. The molecule has 0 saturated heterocycles. The van der Waals surface area contributed by atoms with Gasteiger partial charge in [-0.3, -0.25) is 0 Å². The number of nitrogens with zero attached hydrogens (tertiary/aromatic N) is 2. The molecule has 0 unspecified atom stereocenters. The molecule has 0 spiro atoms. The molecular formula is C15H20BrClN2O. The Morgan fingerprint density at radius 3 is 2.35 bits per heavy atom. The molecule has 0 aromatic carbocycles. The van der Waals surface area contributed by atoms with Crippen molar-refractivity contribution in [3.63, 3.8) is 0 Å². The summed E-state index contributed by atoms with van der Waals surface area (Å²) in [6.45, 7) is 0. The maximum absolute atomic E-state index is 6.32. The van der Waals surface area contributed by atoms with Crippen LogP contribution in [-0.2, 0) is 10.3 Å². The van der Waals surface area contributed by atoms with Gasteiger partial charge in [0.25, 0.3) is 0 Å².